The Bertz CT molecular complexity index is 766. The first-order chi connectivity index (χ1) is 12.5. The molecule has 0 bridgehead atoms. The van der Waals surface area contributed by atoms with E-state index in [4.69, 9.17) is 4.74 Å². The quantitative estimate of drug-likeness (QED) is 0.740. The summed E-state index contributed by atoms with van der Waals surface area (Å²) < 4.78 is 83.1. The molecule has 0 aliphatic rings. The molecule has 0 radical (unpaired) electrons. The number of halogens is 6. The lowest BCUT2D eigenvalue weighted by atomic mass is 10.1. The molecule has 1 aromatic carbocycles. The van der Waals surface area contributed by atoms with Crippen molar-refractivity contribution in [2.75, 3.05) is 11.9 Å². The molecule has 5 nitrogen and oxygen atoms in total. The van der Waals surface area contributed by atoms with Gasteiger partial charge in [-0.2, -0.15) is 31.4 Å². The average Bonchev–Trinajstić information content (AvgIpc) is 2.98. The van der Waals surface area contributed by atoms with E-state index in [2.05, 4.69) is 10.4 Å². The first kappa shape index (κ1) is 20.6. The maximum atomic E-state index is 12.8. The van der Waals surface area contributed by atoms with Crippen molar-refractivity contribution in [3.8, 4) is 5.75 Å². The molecule has 2 aromatic rings. The van der Waals surface area contributed by atoms with Gasteiger partial charge in [-0.15, -0.1) is 0 Å². The molecular weight excluding hydrogens is 380 g/mol. The van der Waals surface area contributed by atoms with Crippen molar-refractivity contribution < 1.29 is 35.9 Å². The Labute approximate surface area is 149 Å². The number of aryl methyl sites for hydroxylation is 1. The summed E-state index contributed by atoms with van der Waals surface area (Å²) in [5, 5.41) is 6.39. The topological polar surface area (TPSA) is 56.2 Å². The molecule has 11 heteroatoms. The zero-order valence-electron chi connectivity index (χ0n) is 14.0. The Hall–Kier alpha value is -2.72. The molecule has 0 aliphatic carbocycles. The van der Waals surface area contributed by atoms with Crippen LogP contribution in [0.1, 0.15) is 24.5 Å². The highest BCUT2D eigenvalue weighted by atomic mass is 19.4. The Kier molecular flexibility index (Phi) is 6.01. The Balaban J connectivity index is 2.12. The van der Waals surface area contributed by atoms with E-state index in [1.54, 1.807) is 0 Å². The summed E-state index contributed by atoms with van der Waals surface area (Å²) in [6, 6.07) is 2.30. The van der Waals surface area contributed by atoms with Crippen LogP contribution in [0.15, 0.2) is 30.5 Å². The molecule has 1 N–H and O–H groups in total. The standard InChI is InChI=1S/C16H15F6N3O2/c1-2-5-25-13(3-4-23-25)24-14(26)9-27-12-7-10(15(17,18)19)6-11(8-12)16(20,21)22/h3-4,6-8H,2,5,9H2,1H3,(H,24,26). The summed E-state index contributed by atoms with van der Waals surface area (Å²) in [6.07, 6.45) is -7.80. The number of alkyl halides is 6. The molecule has 1 amide bonds. The monoisotopic (exact) mass is 395 g/mol. The number of benzene rings is 1. The predicted molar refractivity (Wildman–Crippen MR) is 83.1 cm³/mol. The van der Waals surface area contributed by atoms with Gasteiger partial charge in [0.25, 0.3) is 5.91 Å². The number of rotatable bonds is 6. The van der Waals surface area contributed by atoms with Gasteiger partial charge in [0.2, 0.25) is 0 Å². The second-order valence-electron chi connectivity index (χ2n) is 5.52. The number of hydrogen-bond donors (Lipinski definition) is 1. The summed E-state index contributed by atoms with van der Waals surface area (Å²) in [7, 11) is 0. The molecule has 0 unspecified atom stereocenters. The largest absolute Gasteiger partial charge is 0.484 e. The first-order valence-electron chi connectivity index (χ1n) is 7.74. The van der Waals surface area contributed by atoms with Crippen molar-refractivity contribution in [3.05, 3.63) is 41.6 Å². The number of nitrogens with zero attached hydrogens (tertiary/aromatic N) is 2. The van der Waals surface area contributed by atoms with Crippen molar-refractivity contribution in [1.82, 2.24) is 9.78 Å². The van der Waals surface area contributed by atoms with E-state index in [0.717, 1.165) is 6.42 Å². The smallest absolute Gasteiger partial charge is 0.416 e. The number of amides is 1. The van der Waals surface area contributed by atoms with E-state index >= 15 is 0 Å². The summed E-state index contributed by atoms with van der Waals surface area (Å²) in [5.74, 6) is -1.13. The lowest BCUT2D eigenvalue weighted by molar-refractivity contribution is -0.143. The van der Waals surface area contributed by atoms with Crippen LogP contribution < -0.4 is 10.1 Å². The van der Waals surface area contributed by atoms with Gasteiger partial charge < -0.3 is 10.1 Å². The van der Waals surface area contributed by atoms with Crippen molar-refractivity contribution in [3.63, 3.8) is 0 Å². The van der Waals surface area contributed by atoms with Gasteiger partial charge in [0.15, 0.2) is 6.61 Å². The van der Waals surface area contributed by atoms with E-state index in [9.17, 15) is 31.1 Å². The third-order valence-corrected chi connectivity index (χ3v) is 3.35. The maximum absolute atomic E-state index is 12.8. The highest BCUT2D eigenvalue weighted by Crippen LogP contribution is 2.38. The number of carbonyl (C=O) groups excluding carboxylic acids is 1. The van der Waals surface area contributed by atoms with Crippen LogP contribution in [-0.4, -0.2) is 22.3 Å². The molecule has 2 rings (SSSR count). The van der Waals surface area contributed by atoms with Crippen LogP contribution in [0.25, 0.3) is 0 Å². The number of hydrogen-bond acceptors (Lipinski definition) is 3. The molecule has 1 heterocycles. The van der Waals surface area contributed by atoms with Crippen molar-refractivity contribution in [2.24, 2.45) is 0 Å². The van der Waals surface area contributed by atoms with Crippen molar-refractivity contribution in [2.45, 2.75) is 32.2 Å². The van der Waals surface area contributed by atoms with Gasteiger partial charge in [-0.25, -0.2) is 4.68 Å². The Morgan fingerprint density at radius 1 is 1.11 bits per heavy atom. The highest BCUT2D eigenvalue weighted by Gasteiger charge is 2.37. The zero-order chi connectivity index (χ0) is 20.2. The van der Waals surface area contributed by atoms with Crippen molar-refractivity contribution in [1.29, 1.82) is 0 Å². The fourth-order valence-corrected chi connectivity index (χ4v) is 2.17. The zero-order valence-corrected chi connectivity index (χ0v) is 14.0. The van der Waals surface area contributed by atoms with E-state index in [0.29, 0.717) is 24.5 Å². The van der Waals surface area contributed by atoms with Crippen LogP contribution in [-0.2, 0) is 23.7 Å². The van der Waals surface area contributed by atoms with Gasteiger partial charge in [0.1, 0.15) is 11.6 Å². The summed E-state index contributed by atoms with van der Waals surface area (Å²) >= 11 is 0. The van der Waals surface area contributed by atoms with Crippen LogP contribution in [0, 0.1) is 0 Å². The molecule has 0 spiro atoms. The van der Waals surface area contributed by atoms with Crippen LogP contribution in [0.5, 0.6) is 5.75 Å². The van der Waals surface area contributed by atoms with Gasteiger partial charge in [0, 0.05) is 12.6 Å². The molecule has 0 saturated carbocycles. The third-order valence-electron chi connectivity index (χ3n) is 3.35. The lowest BCUT2D eigenvalue weighted by Gasteiger charge is -2.15. The number of carbonyl (C=O) groups is 1. The molecule has 0 fully saturated rings. The molecule has 0 aliphatic heterocycles. The number of ether oxygens (including phenoxy) is 1. The summed E-state index contributed by atoms with van der Waals surface area (Å²) in [5.41, 5.74) is -3.04. The van der Waals surface area contributed by atoms with Gasteiger partial charge in [-0.3, -0.25) is 4.79 Å². The van der Waals surface area contributed by atoms with Crippen LogP contribution in [0.3, 0.4) is 0 Å². The fourth-order valence-electron chi connectivity index (χ4n) is 2.17. The summed E-state index contributed by atoms with van der Waals surface area (Å²) in [4.78, 5) is 11.9. The average molecular weight is 395 g/mol. The predicted octanol–water partition coefficient (Wildman–Crippen LogP) is 4.35. The van der Waals surface area contributed by atoms with Crippen LogP contribution >= 0.6 is 0 Å². The number of anilines is 1. The molecule has 27 heavy (non-hydrogen) atoms. The second-order valence-corrected chi connectivity index (χ2v) is 5.52. The number of nitrogens with one attached hydrogen (secondary N) is 1. The van der Waals surface area contributed by atoms with E-state index < -0.39 is 41.7 Å². The Morgan fingerprint density at radius 2 is 1.70 bits per heavy atom. The fraction of sp³-hybridized carbons (Fsp3) is 0.375. The lowest BCUT2D eigenvalue weighted by Crippen LogP contribution is -2.22. The molecule has 0 saturated heterocycles. The second kappa shape index (κ2) is 7.89. The Morgan fingerprint density at radius 3 is 2.22 bits per heavy atom. The van der Waals surface area contributed by atoms with E-state index in [1.807, 2.05) is 6.92 Å². The molecular formula is C16H15F6N3O2. The van der Waals surface area contributed by atoms with E-state index in [-0.39, 0.29) is 6.07 Å². The van der Waals surface area contributed by atoms with Gasteiger partial charge in [-0.05, 0) is 24.6 Å². The number of aromatic nitrogens is 2. The van der Waals surface area contributed by atoms with E-state index in [1.165, 1.54) is 16.9 Å². The van der Waals surface area contributed by atoms with Crippen molar-refractivity contribution >= 4 is 11.7 Å². The van der Waals surface area contributed by atoms with Crippen LogP contribution in [0.4, 0.5) is 32.2 Å². The highest BCUT2D eigenvalue weighted by molar-refractivity contribution is 5.91. The molecule has 148 valence electrons. The normalized spacial score (nSPS) is 12.1. The summed E-state index contributed by atoms with van der Waals surface area (Å²) in [6.45, 7) is 1.64. The van der Waals surface area contributed by atoms with Gasteiger partial charge in [0.05, 0.1) is 17.3 Å². The SMILES string of the molecule is CCCn1nccc1NC(=O)COc1cc(C(F)(F)F)cc(C(F)(F)F)c1. The van der Waals surface area contributed by atoms with Crippen LogP contribution in [0.2, 0.25) is 0 Å². The minimum Gasteiger partial charge on any atom is -0.484 e. The maximum Gasteiger partial charge on any atom is 0.416 e. The van der Waals surface area contributed by atoms with Gasteiger partial charge in [-0.1, -0.05) is 6.92 Å². The molecule has 1 aromatic heterocycles. The first-order valence-corrected chi connectivity index (χ1v) is 7.74. The van der Waals surface area contributed by atoms with Gasteiger partial charge >= 0.3 is 12.4 Å². The minimum atomic E-state index is -4.99. The minimum absolute atomic E-state index is 0.0176. The molecule has 0 atom stereocenters. The third kappa shape index (κ3) is 5.63.